The molecule has 3 heteroatoms. The third-order valence-corrected chi connectivity index (χ3v) is 2.35. The van der Waals surface area contributed by atoms with Crippen molar-refractivity contribution in [3.8, 4) is 0 Å². The predicted octanol–water partition coefficient (Wildman–Crippen LogP) is 2.11. The molecule has 2 rings (SSSR count). The molecule has 0 spiro atoms. The quantitative estimate of drug-likeness (QED) is 0.696. The first-order valence-corrected chi connectivity index (χ1v) is 4.74. The van der Waals surface area contributed by atoms with E-state index < -0.39 is 0 Å². The normalized spacial score (nSPS) is 10.3. The van der Waals surface area contributed by atoms with Crippen molar-refractivity contribution in [2.24, 2.45) is 0 Å². The van der Waals surface area contributed by atoms with E-state index in [0.717, 1.165) is 22.9 Å². The first-order valence-electron chi connectivity index (χ1n) is 4.74. The fraction of sp³-hybridized carbons (Fsp3) is 0.167. The lowest BCUT2D eigenvalue weighted by atomic mass is 10.1. The average molecular weight is 200 g/mol. The maximum atomic E-state index is 10.9. The standard InChI is InChI=1S/C12H12N2O/c1-14(2)12-11-9(6-7-13-12)4-3-5-10(11)8-15/h3-8H,1-2H3. The van der Waals surface area contributed by atoms with Gasteiger partial charge in [-0.15, -0.1) is 0 Å². The summed E-state index contributed by atoms with van der Waals surface area (Å²) in [4.78, 5) is 17.1. The van der Waals surface area contributed by atoms with E-state index in [9.17, 15) is 4.79 Å². The van der Waals surface area contributed by atoms with Crippen molar-refractivity contribution in [1.82, 2.24) is 4.98 Å². The average Bonchev–Trinajstić information content (AvgIpc) is 2.27. The third-order valence-electron chi connectivity index (χ3n) is 2.35. The molecule has 0 aliphatic rings. The number of hydrogen-bond acceptors (Lipinski definition) is 3. The van der Waals surface area contributed by atoms with Gasteiger partial charge in [-0.2, -0.15) is 0 Å². The molecule has 0 aliphatic heterocycles. The molecule has 0 bridgehead atoms. The maximum Gasteiger partial charge on any atom is 0.150 e. The lowest BCUT2D eigenvalue weighted by Gasteiger charge is -2.14. The fourth-order valence-electron chi connectivity index (χ4n) is 1.68. The Hall–Kier alpha value is -1.90. The van der Waals surface area contributed by atoms with Crippen LogP contribution in [-0.4, -0.2) is 25.4 Å². The topological polar surface area (TPSA) is 33.2 Å². The van der Waals surface area contributed by atoms with Crippen LogP contribution in [-0.2, 0) is 0 Å². The zero-order valence-corrected chi connectivity index (χ0v) is 8.77. The summed E-state index contributed by atoms with van der Waals surface area (Å²) in [7, 11) is 3.84. The summed E-state index contributed by atoms with van der Waals surface area (Å²) in [6, 6.07) is 7.59. The van der Waals surface area contributed by atoms with Crippen LogP contribution in [0.3, 0.4) is 0 Å². The number of nitrogens with zero attached hydrogens (tertiary/aromatic N) is 2. The number of rotatable bonds is 2. The van der Waals surface area contributed by atoms with E-state index in [1.54, 1.807) is 6.20 Å². The monoisotopic (exact) mass is 200 g/mol. The van der Waals surface area contributed by atoms with Gasteiger partial charge in [0.05, 0.1) is 0 Å². The Morgan fingerprint density at radius 1 is 1.27 bits per heavy atom. The summed E-state index contributed by atoms with van der Waals surface area (Å²) in [5, 5.41) is 1.96. The first-order chi connectivity index (χ1) is 7.24. The number of fused-ring (bicyclic) bond motifs is 1. The van der Waals surface area contributed by atoms with Gasteiger partial charge in [-0.3, -0.25) is 4.79 Å². The van der Waals surface area contributed by atoms with Gasteiger partial charge < -0.3 is 4.90 Å². The van der Waals surface area contributed by atoms with Crippen LogP contribution in [0.2, 0.25) is 0 Å². The summed E-state index contributed by atoms with van der Waals surface area (Å²) in [5.74, 6) is 0.829. The molecule has 0 aliphatic carbocycles. The third kappa shape index (κ3) is 1.56. The van der Waals surface area contributed by atoms with Gasteiger partial charge in [-0.25, -0.2) is 4.98 Å². The van der Waals surface area contributed by atoms with E-state index >= 15 is 0 Å². The Bertz CT molecular complexity index is 501. The Labute approximate surface area is 88.3 Å². The fourth-order valence-corrected chi connectivity index (χ4v) is 1.68. The zero-order chi connectivity index (χ0) is 10.8. The molecule has 1 aromatic heterocycles. The van der Waals surface area contributed by atoms with E-state index in [-0.39, 0.29) is 0 Å². The molecule has 0 saturated heterocycles. The highest BCUT2D eigenvalue weighted by Crippen LogP contribution is 2.25. The molecule has 1 heterocycles. The van der Waals surface area contributed by atoms with Gasteiger partial charge in [0.25, 0.3) is 0 Å². The lowest BCUT2D eigenvalue weighted by molar-refractivity contribution is 0.112. The molecule has 15 heavy (non-hydrogen) atoms. The summed E-state index contributed by atoms with van der Waals surface area (Å²) in [6.07, 6.45) is 2.63. The number of aromatic nitrogens is 1. The van der Waals surface area contributed by atoms with Crippen LogP contribution in [0, 0.1) is 0 Å². The molecule has 76 valence electrons. The zero-order valence-electron chi connectivity index (χ0n) is 8.77. The van der Waals surface area contributed by atoms with Gasteiger partial charge in [0, 0.05) is 31.2 Å². The Morgan fingerprint density at radius 2 is 2.07 bits per heavy atom. The molecule has 0 saturated carbocycles. The van der Waals surface area contributed by atoms with Crippen molar-refractivity contribution in [2.45, 2.75) is 0 Å². The van der Waals surface area contributed by atoms with Crippen LogP contribution in [0.15, 0.2) is 30.5 Å². The Balaban J connectivity index is 2.87. The van der Waals surface area contributed by atoms with E-state index in [0.29, 0.717) is 5.56 Å². The van der Waals surface area contributed by atoms with Gasteiger partial charge in [-0.1, -0.05) is 18.2 Å². The number of aldehydes is 1. The summed E-state index contributed by atoms with van der Waals surface area (Å²) in [5.41, 5.74) is 0.685. The number of carbonyl (C=O) groups is 1. The molecule has 3 nitrogen and oxygen atoms in total. The molecule has 0 unspecified atom stereocenters. The Morgan fingerprint density at radius 3 is 2.73 bits per heavy atom. The number of anilines is 1. The van der Waals surface area contributed by atoms with Crippen molar-refractivity contribution < 1.29 is 4.79 Å². The number of hydrogen-bond donors (Lipinski definition) is 0. The minimum absolute atomic E-state index is 0.685. The number of pyridine rings is 1. The van der Waals surface area contributed by atoms with Crippen molar-refractivity contribution in [3.05, 3.63) is 36.0 Å². The molecule has 2 aromatic rings. The van der Waals surface area contributed by atoms with Gasteiger partial charge in [0.1, 0.15) is 5.82 Å². The second-order valence-corrected chi connectivity index (χ2v) is 3.59. The highest BCUT2D eigenvalue weighted by Gasteiger charge is 2.07. The molecular weight excluding hydrogens is 188 g/mol. The molecule has 0 N–H and O–H groups in total. The highest BCUT2D eigenvalue weighted by atomic mass is 16.1. The molecule has 1 aromatic carbocycles. The van der Waals surface area contributed by atoms with E-state index in [1.165, 1.54) is 0 Å². The summed E-state index contributed by atoms with van der Waals surface area (Å²) >= 11 is 0. The molecule has 0 amide bonds. The van der Waals surface area contributed by atoms with Crippen molar-refractivity contribution in [1.29, 1.82) is 0 Å². The first kappa shape index (κ1) is 9.65. The van der Waals surface area contributed by atoms with Crippen LogP contribution >= 0.6 is 0 Å². The second-order valence-electron chi connectivity index (χ2n) is 3.59. The lowest BCUT2D eigenvalue weighted by Crippen LogP contribution is -2.11. The van der Waals surface area contributed by atoms with Gasteiger partial charge >= 0.3 is 0 Å². The van der Waals surface area contributed by atoms with Crippen LogP contribution < -0.4 is 4.90 Å². The largest absolute Gasteiger partial charge is 0.362 e. The maximum absolute atomic E-state index is 10.9. The van der Waals surface area contributed by atoms with Gasteiger partial charge in [0.2, 0.25) is 0 Å². The molecule has 0 fully saturated rings. The van der Waals surface area contributed by atoms with Crippen LogP contribution in [0.1, 0.15) is 10.4 Å². The molecule has 0 atom stereocenters. The van der Waals surface area contributed by atoms with Crippen LogP contribution in [0.25, 0.3) is 10.8 Å². The van der Waals surface area contributed by atoms with Gasteiger partial charge in [-0.05, 0) is 11.5 Å². The molecule has 0 radical (unpaired) electrons. The van der Waals surface area contributed by atoms with Gasteiger partial charge in [0.15, 0.2) is 6.29 Å². The number of benzene rings is 1. The Kier molecular flexibility index (Phi) is 2.37. The van der Waals surface area contributed by atoms with E-state index in [2.05, 4.69) is 4.98 Å². The van der Waals surface area contributed by atoms with Crippen LogP contribution in [0.4, 0.5) is 5.82 Å². The smallest absolute Gasteiger partial charge is 0.150 e. The summed E-state index contributed by atoms with van der Waals surface area (Å²) in [6.45, 7) is 0. The van der Waals surface area contributed by atoms with E-state index in [4.69, 9.17) is 0 Å². The van der Waals surface area contributed by atoms with E-state index in [1.807, 2.05) is 43.3 Å². The second kappa shape index (κ2) is 3.69. The van der Waals surface area contributed by atoms with Crippen molar-refractivity contribution >= 4 is 22.9 Å². The minimum atomic E-state index is 0.685. The summed E-state index contributed by atoms with van der Waals surface area (Å²) < 4.78 is 0. The molecular formula is C12H12N2O. The van der Waals surface area contributed by atoms with Crippen molar-refractivity contribution in [2.75, 3.05) is 19.0 Å². The highest BCUT2D eigenvalue weighted by molar-refractivity contribution is 6.04. The SMILES string of the molecule is CN(C)c1nccc2cccc(C=O)c12. The van der Waals surface area contributed by atoms with Crippen molar-refractivity contribution in [3.63, 3.8) is 0 Å². The van der Waals surface area contributed by atoms with Crippen LogP contribution in [0.5, 0.6) is 0 Å². The predicted molar refractivity (Wildman–Crippen MR) is 61.5 cm³/mol. The number of carbonyl (C=O) groups excluding carboxylic acids is 1. The minimum Gasteiger partial charge on any atom is -0.362 e.